The smallest absolute Gasteiger partial charge is 0.315 e. The molecule has 1 aromatic carbocycles. The molecule has 0 spiro atoms. The molecule has 0 saturated carbocycles. The van der Waals surface area contributed by atoms with Gasteiger partial charge in [0.2, 0.25) is 11.5 Å². The zero-order valence-electron chi connectivity index (χ0n) is 26.6. The van der Waals surface area contributed by atoms with Crippen molar-refractivity contribution in [3.05, 3.63) is 40.7 Å². The predicted octanol–water partition coefficient (Wildman–Crippen LogP) is 1.33. The number of hydrogen-bond acceptors (Lipinski definition) is 9. The molecular formula is C32H48N7O4+. The van der Waals surface area contributed by atoms with Gasteiger partial charge in [0, 0.05) is 90.7 Å². The average Bonchev–Trinajstić information content (AvgIpc) is 3.73. The van der Waals surface area contributed by atoms with E-state index < -0.39 is 11.3 Å². The molecule has 1 amide bonds. The monoisotopic (exact) mass is 594 g/mol. The number of anilines is 1. The Hall–Kier alpha value is -3.25. The fraction of sp³-hybridized carbons (Fsp3) is 0.594. The lowest BCUT2D eigenvalue weighted by Crippen LogP contribution is -2.84. The Labute approximate surface area is 255 Å². The van der Waals surface area contributed by atoms with Gasteiger partial charge in [0.25, 0.3) is 0 Å². The second-order valence-electron chi connectivity index (χ2n) is 13.1. The molecule has 5 rings (SSSR count). The molecule has 3 aliphatic heterocycles. The topological polar surface area (TPSA) is 108 Å². The second kappa shape index (κ2) is 12.4. The zero-order chi connectivity index (χ0) is 31.1. The molecule has 1 aliphatic carbocycles. The van der Waals surface area contributed by atoms with Crippen LogP contribution in [0.2, 0.25) is 0 Å². The van der Waals surface area contributed by atoms with E-state index in [1.165, 1.54) is 30.7 Å². The lowest BCUT2D eigenvalue weighted by Gasteiger charge is -2.34. The molecule has 0 radical (unpaired) electrons. The third-order valence-electron chi connectivity index (χ3n) is 9.05. The summed E-state index contributed by atoms with van der Waals surface area (Å²) in [6.07, 6.45) is 4.89. The van der Waals surface area contributed by atoms with Gasteiger partial charge in [0.1, 0.15) is 17.1 Å². The molecule has 0 bridgehead atoms. The molecule has 0 atom stereocenters. The number of rotatable bonds is 10. The third kappa shape index (κ3) is 6.22. The number of carbonyl (C=O) groups excluding carboxylic acids is 2. The Kier molecular flexibility index (Phi) is 8.99. The molecule has 11 nitrogen and oxygen atoms in total. The van der Waals surface area contributed by atoms with Crippen LogP contribution in [0, 0.1) is 0 Å². The highest BCUT2D eigenvalue weighted by Crippen LogP contribution is 2.42. The lowest BCUT2D eigenvalue weighted by atomic mass is 9.79. The summed E-state index contributed by atoms with van der Waals surface area (Å²) < 4.78 is 0. The number of carbonyl (C=O) groups is 2. The number of phenols is 1. The molecule has 3 N–H and O–H groups in total. The number of likely N-dealkylation sites (N-methyl/N-ethyl adjacent to an activating group) is 2. The van der Waals surface area contributed by atoms with E-state index in [4.69, 9.17) is 0 Å². The first-order valence-corrected chi connectivity index (χ1v) is 15.6. The number of aromatic hydroxyl groups is 1. The van der Waals surface area contributed by atoms with Gasteiger partial charge < -0.3 is 15.1 Å². The first-order valence-electron chi connectivity index (χ1n) is 15.6. The molecule has 0 aromatic heterocycles. The van der Waals surface area contributed by atoms with Crippen LogP contribution in [-0.4, -0.2) is 125 Å². The van der Waals surface area contributed by atoms with Crippen LogP contribution < -0.4 is 10.0 Å². The van der Waals surface area contributed by atoms with Gasteiger partial charge in [-0.3, -0.25) is 9.59 Å². The van der Waals surface area contributed by atoms with E-state index in [2.05, 4.69) is 44.1 Å². The number of aliphatic hydroxyl groups is 1. The molecule has 11 heteroatoms. The first kappa shape index (κ1) is 31.2. The maximum Gasteiger partial charge on any atom is 0.315 e. The van der Waals surface area contributed by atoms with Gasteiger partial charge in [-0.1, -0.05) is 0 Å². The van der Waals surface area contributed by atoms with Gasteiger partial charge in [-0.25, -0.2) is 20.0 Å². The van der Waals surface area contributed by atoms with Crippen LogP contribution in [0.25, 0.3) is 5.57 Å². The van der Waals surface area contributed by atoms with Crippen molar-refractivity contribution in [2.45, 2.75) is 58.9 Å². The minimum absolute atomic E-state index is 0.00301. The van der Waals surface area contributed by atoms with Crippen LogP contribution in [0.1, 0.15) is 58.9 Å². The summed E-state index contributed by atoms with van der Waals surface area (Å²) in [6, 6.07) is 5.28. The Morgan fingerprint density at radius 1 is 0.814 bits per heavy atom. The van der Waals surface area contributed by atoms with E-state index in [-0.39, 0.29) is 39.7 Å². The Bertz CT molecular complexity index is 1320. The summed E-state index contributed by atoms with van der Waals surface area (Å²) in [5, 5.41) is 36.0. The first-order chi connectivity index (χ1) is 20.4. The minimum atomic E-state index is -0.512. The molecule has 4 aliphatic rings. The normalized spacial score (nSPS) is 22.0. The SMILES string of the molecule is CC1=[NH+]N(C(C)(C)C)C(=O)C1=C1C(=O)C(c2ccc(N(CCN(C)N3CCCC3)CCN(C)N3CCCC3)cc2O)=C1O. The number of nitrogens with zero attached hydrogens (tertiary/aromatic N) is 6. The predicted molar refractivity (Wildman–Crippen MR) is 167 cm³/mol. The molecule has 3 heterocycles. The maximum atomic E-state index is 13.4. The summed E-state index contributed by atoms with van der Waals surface area (Å²) in [6.45, 7) is 15.0. The number of Topliss-reactive ketones (excluding diaryl/α,β-unsaturated/α-hetero) is 1. The third-order valence-corrected chi connectivity index (χ3v) is 9.05. The number of benzene rings is 1. The van der Waals surface area contributed by atoms with Crippen molar-refractivity contribution in [3.8, 4) is 5.75 Å². The standard InChI is InChI=1S/C32H47N7O4/c1-22-26(31(43)39(33-22)32(2,3)4)28-29(41)27(30(28)42)24-12-11-23(21-25(24)40)36(19-17-34(5)37-13-7-8-14-37)20-18-35(6)38-15-9-10-16-38/h11-12,21,40-41H,7-10,13-20H2,1-6H3/p+1. The number of hydrogen-bond donors (Lipinski definition) is 3. The van der Waals surface area contributed by atoms with Gasteiger partial charge in [0.05, 0.1) is 16.7 Å². The average molecular weight is 595 g/mol. The van der Waals surface area contributed by atoms with Crippen molar-refractivity contribution >= 4 is 28.7 Å². The highest BCUT2D eigenvalue weighted by Gasteiger charge is 2.48. The highest BCUT2D eigenvalue weighted by atomic mass is 16.3. The molecular weight excluding hydrogens is 546 g/mol. The number of hydrazine groups is 3. The number of allylic oxidation sites excluding steroid dienone is 2. The van der Waals surface area contributed by atoms with E-state index in [1.807, 2.05) is 26.8 Å². The van der Waals surface area contributed by atoms with Gasteiger partial charge in [0.15, 0.2) is 0 Å². The number of ketones is 1. The second-order valence-corrected chi connectivity index (χ2v) is 13.1. The van der Waals surface area contributed by atoms with Crippen molar-refractivity contribution in [1.29, 1.82) is 0 Å². The van der Waals surface area contributed by atoms with Crippen molar-refractivity contribution < 1.29 is 24.9 Å². The quantitative estimate of drug-likeness (QED) is 0.346. The fourth-order valence-corrected chi connectivity index (χ4v) is 6.39. The van der Waals surface area contributed by atoms with Gasteiger partial charge in [-0.15, -0.1) is 10.1 Å². The number of amides is 1. The van der Waals surface area contributed by atoms with E-state index in [1.54, 1.807) is 19.1 Å². The van der Waals surface area contributed by atoms with Crippen molar-refractivity contribution in [2.75, 3.05) is 71.4 Å². The summed E-state index contributed by atoms with van der Waals surface area (Å²) in [5.74, 6) is -1.14. The van der Waals surface area contributed by atoms with Gasteiger partial charge in [-0.2, -0.15) is 0 Å². The van der Waals surface area contributed by atoms with Crippen LogP contribution >= 0.6 is 0 Å². The summed E-state index contributed by atoms with van der Waals surface area (Å²) in [7, 11) is 4.27. The summed E-state index contributed by atoms with van der Waals surface area (Å²) >= 11 is 0. The molecule has 43 heavy (non-hydrogen) atoms. The van der Waals surface area contributed by atoms with Crippen LogP contribution in [0.5, 0.6) is 5.75 Å². The Balaban J connectivity index is 1.37. The van der Waals surface area contributed by atoms with E-state index in [0.717, 1.165) is 58.0 Å². The van der Waals surface area contributed by atoms with Crippen LogP contribution in [0.15, 0.2) is 35.1 Å². The van der Waals surface area contributed by atoms with Crippen molar-refractivity contribution in [3.63, 3.8) is 0 Å². The van der Waals surface area contributed by atoms with Crippen molar-refractivity contribution in [1.82, 2.24) is 25.0 Å². The molecule has 1 aromatic rings. The van der Waals surface area contributed by atoms with E-state index >= 15 is 0 Å². The van der Waals surface area contributed by atoms with Crippen molar-refractivity contribution in [2.24, 2.45) is 0 Å². The molecule has 0 unspecified atom stereocenters. The highest BCUT2D eigenvalue weighted by molar-refractivity contribution is 6.43. The van der Waals surface area contributed by atoms with E-state index in [9.17, 15) is 19.8 Å². The van der Waals surface area contributed by atoms with Gasteiger partial charge in [-0.05, 0) is 58.6 Å². The molecule has 2 saturated heterocycles. The summed E-state index contributed by atoms with van der Waals surface area (Å²) in [5.41, 5.74) is 1.34. The maximum absolute atomic E-state index is 13.4. The Morgan fingerprint density at radius 3 is 1.79 bits per heavy atom. The molecule has 2 fully saturated rings. The molecule has 234 valence electrons. The number of aliphatic hydroxyl groups excluding tert-OH is 1. The Morgan fingerprint density at radius 2 is 1.35 bits per heavy atom. The number of hydrazone groups is 1. The summed E-state index contributed by atoms with van der Waals surface area (Å²) in [4.78, 5) is 28.8. The largest absolute Gasteiger partial charge is 0.507 e. The van der Waals surface area contributed by atoms with E-state index in [0.29, 0.717) is 5.71 Å². The number of nitrogens with one attached hydrogen (secondary N) is 1. The zero-order valence-corrected chi connectivity index (χ0v) is 26.6. The van der Waals surface area contributed by atoms with Crippen LogP contribution in [0.4, 0.5) is 5.69 Å². The van der Waals surface area contributed by atoms with Crippen LogP contribution in [-0.2, 0) is 9.59 Å². The van der Waals surface area contributed by atoms with Gasteiger partial charge >= 0.3 is 5.91 Å². The minimum Gasteiger partial charge on any atom is -0.507 e. The number of phenolic OH excluding ortho intramolecular Hbond substituents is 1. The van der Waals surface area contributed by atoms with Crippen LogP contribution in [0.3, 0.4) is 0 Å². The lowest BCUT2D eigenvalue weighted by molar-refractivity contribution is -0.634. The fourth-order valence-electron chi connectivity index (χ4n) is 6.39.